The SMILES string of the molecule is COc1ccc(C(=O)O)cc1S(=O)(=O)NNc1ccc(F)cc1F. The summed E-state index contributed by atoms with van der Waals surface area (Å²) in [5.74, 6) is -3.26. The van der Waals surface area contributed by atoms with E-state index in [9.17, 15) is 22.0 Å². The number of methoxy groups -OCH3 is 1. The quantitative estimate of drug-likeness (QED) is 0.682. The summed E-state index contributed by atoms with van der Waals surface area (Å²) in [6.07, 6.45) is 0. The van der Waals surface area contributed by atoms with Crippen molar-refractivity contribution in [2.75, 3.05) is 12.5 Å². The van der Waals surface area contributed by atoms with Crippen molar-refractivity contribution in [3.63, 3.8) is 0 Å². The molecule has 7 nitrogen and oxygen atoms in total. The lowest BCUT2D eigenvalue weighted by Crippen LogP contribution is -2.30. The number of carboxylic acids is 1. The number of aromatic carboxylic acids is 1. The van der Waals surface area contributed by atoms with E-state index in [-0.39, 0.29) is 17.0 Å². The van der Waals surface area contributed by atoms with Crippen LogP contribution in [0.2, 0.25) is 0 Å². The second kappa shape index (κ2) is 6.81. The Bertz CT molecular complexity index is 887. The van der Waals surface area contributed by atoms with Crippen LogP contribution >= 0.6 is 0 Å². The van der Waals surface area contributed by atoms with Crippen molar-refractivity contribution in [1.29, 1.82) is 0 Å². The third-order valence-electron chi connectivity index (χ3n) is 2.95. The Balaban J connectivity index is 2.33. The fraction of sp³-hybridized carbons (Fsp3) is 0.0714. The minimum atomic E-state index is -4.29. The summed E-state index contributed by atoms with van der Waals surface area (Å²) in [5, 5.41) is 8.95. The molecule has 0 amide bonds. The van der Waals surface area contributed by atoms with Gasteiger partial charge in [-0.2, -0.15) is 0 Å². The molecule has 0 unspecified atom stereocenters. The number of halogens is 2. The summed E-state index contributed by atoms with van der Waals surface area (Å²) in [7, 11) is -3.08. The number of carbonyl (C=O) groups is 1. The number of sulfonamides is 1. The number of hydrogen-bond acceptors (Lipinski definition) is 5. The average molecular weight is 358 g/mol. The molecule has 0 aliphatic rings. The molecule has 0 spiro atoms. The van der Waals surface area contributed by atoms with Crippen LogP contribution in [-0.2, 0) is 10.0 Å². The highest BCUT2D eigenvalue weighted by Gasteiger charge is 2.22. The van der Waals surface area contributed by atoms with Crippen molar-refractivity contribution in [3.8, 4) is 5.75 Å². The van der Waals surface area contributed by atoms with E-state index in [0.717, 1.165) is 18.2 Å². The normalized spacial score (nSPS) is 11.1. The monoisotopic (exact) mass is 358 g/mol. The first-order chi connectivity index (χ1) is 11.2. The molecule has 0 saturated heterocycles. The first-order valence-corrected chi connectivity index (χ1v) is 7.87. The van der Waals surface area contributed by atoms with Gasteiger partial charge in [-0.3, -0.25) is 0 Å². The molecule has 0 heterocycles. The number of hydrogen-bond donors (Lipinski definition) is 3. The zero-order valence-electron chi connectivity index (χ0n) is 12.2. The molecule has 0 fully saturated rings. The molecule has 0 aliphatic heterocycles. The van der Waals surface area contributed by atoms with Gasteiger partial charge >= 0.3 is 5.97 Å². The molecule has 0 aromatic heterocycles. The van der Waals surface area contributed by atoms with Crippen molar-refractivity contribution >= 4 is 21.7 Å². The minimum Gasteiger partial charge on any atom is -0.495 e. The number of ether oxygens (including phenoxy) is 1. The first-order valence-electron chi connectivity index (χ1n) is 6.39. The smallest absolute Gasteiger partial charge is 0.335 e. The topological polar surface area (TPSA) is 105 Å². The van der Waals surface area contributed by atoms with Gasteiger partial charge in [0, 0.05) is 6.07 Å². The van der Waals surface area contributed by atoms with E-state index < -0.39 is 32.5 Å². The number of nitrogens with one attached hydrogen (secondary N) is 2. The highest BCUT2D eigenvalue weighted by atomic mass is 32.2. The summed E-state index contributed by atoms with van der Waals surface area (Å²) < 4.78 is 55.8. The molecule has 2 rings (SSSR count). The largest absolute Gasteiger partial charge is 0.495 e. The predicted octanol–water partition coefficient (Wildman–Crippen LogP) is 1.98. The summed E-state index contributed by atoms with van der Waals surface area (Å²) >= 11 is 0. The van der Waals surface area contributed by atoms with E-state index >= 15 is 0 Å². The Labute approximate surface area is 135 Å². The molecule has 0 saturated carbocycles. The Hall–Kier alpha value is -2.72. The zero-order chi connectivity index (χ0) is 17.9. The molecular formula is C14H12F2N2O5S. The Morgan fingerprint density at radius 2 is 1.88 bits per heavy atom. The molecule has 2 aromatic carbocycles. The average Bonchev–Trinajstić information content (AvgIpc) is 2.53. The van der Waals surface area contributed by atoms with Gasteiger partial charge in [-0.05, 0) is 30.3 Å². The molecule has 24 heavy (non-hydrogen) atoms. The molecule has 0 aliphatic carbocycles. The first kappa shape index (κ1) is 17.6. The van der Waals surface area contributed by atoms with Gasteiger partial charge in [0.15, 0.2) is 5.82 Å². The maximum absolute atomic E-state index is 13.5. The van der Waals surface area contributed by atoms with Gasteiger partial charge in [-0.25, -0.2) is 22.0 Å². The van der Waals surface area contributed by atoms with Crippen LogP contribution in [0.5, 0.6) is 5.75 Å². The van der Waals surface area contributed by atoms with Crippen LogP contribution < -0.4 is 15.0 Å². The van der Waals surface area contributed by atoms with Gasteiger partial charge in [0.1, 0.15) is 16.5 Å². The van der Waals surface area contributed by atoms with Crippen molar-refractivity contribution in [1.82, 2.24) is 4.83 Å². The molecule has 2 aromatic rings. The summed E-state index contributed by atoms with van der Waals surface area (Å²) in [4.78, 5) is 12.4. The number of benzene rings is 2. The van der Waals surface area contributed by atoms with Crippen LogP contribution in [0.15, 0.2) is 41.3 Å². The van der Waals surface area contributed by atoms with Gasteiger partial charge < -0.3 is 15.3 Å². The summed E-state index contributed by atoms with van der Waals surface area (Å²) in [5.41, 5.74) is 1.51. The molecular weight excluding hydrogens is 346 g/mol. The van der Waals surface area contributed by atoms with Crippen LogP contribution in [0.25, 0.3) is 0 Å². The van der Waals surface area contributed by atoms with Crippen molar-refractivity contribution in [3.05, 3.63) is 53.6 Å². The molecule has 128 valence electrons. The van der Waals surface area contributed by atoms with E-state index in [4.69, 9.17) is 9.84 Å². The fourth-order valence-corrected chi connectivity index (χ4v) is 2.84. The number of carboxylic acid groups (broad SMARTS) is 1. The molecule has 0 bridgehead atoms. The predicted molar refractivity (Wildman–Crippen MR) is 80.3 cm³/mol. The van der Waals surface area contributed by atoms with Crippen LogP contribution in [0.3, 0.4) is 0 Å². The Morgan fingerprint density at radius 1 is 1.17 bits per heavy atom. The van der Waals surface area contributed by atoms with E-state index in [1.54, 1.807) is 0 Å². The fourth-order valence-electron chi connectivity index (χ4n) is 1.79. The Kier molecular flexibility index (Phi) is 5.00. The summed E-state index contributed by atoms with van der Waals surface area (Å²) in [6.45, 7) is 0. The molecule has 0 atom stereocenters. The Morgan fingerprint density at radius 3 is 2.46 bits per heavy atom. The zero-order valence-corrected chi connectivity index (χ0v) is 13.0. The second-order valence-corrected chi connectivity index (χ2v) is 6.18. The van der Waals surface area contributed by atoms with E-state index in [0.29, 0.717) is 6.07 Å². The molecule has 10 heteroatoms. The van der Waals surface area contributed by atoms with Gasteiger partial charge in [0.25, 0.3) is 10.0 Å². The highest BCUT2D eigenvalue weighted by molar-refractivity contribution is 7.89. The van der Waals surface area contributed by atoms with Crippen molar-refractivity contribution in [2.45, 2.75) is 4.90 Å². The number of anilines is 1. The minimum absolute atomic E-state index is 0.103. The number of hydrazine groups is 1. The molecule has 0 radical (unpaired) electrons. The third kappa shape index (κ3) is 3.78. The van der Waals surface area contributed by atoms with Crippen LogP contribution in [0, 0.1) is 11.6 Å². The maximum Gasteiger partial charge on any atom is 0.335 e. The third-order valence-corrected chi connectivity index (χ3v) is 4.22. The van der Waals surface area contributed by atoms with Gasteiger partial charge in [-0.1, -0.05) is 0 Å². The van der Waals surface area contributed by atoms with Crippen LogP contribution in [-0.4, -0.2) is 26.6 Å². The van der Waals surface area contributed by atoms with Gasteiger partial charge in [0.05, 0.1) is 18.4 Å². The molecule has 3 N–H and O–H groups in total. The summed E-state index contributed by atoms with van der Waals surface area (Å²) in [6, 6.07) is 5.75. The van der Waals surface area contributed by atoms with Crippen molar-refractivity contribution < 1.29 is 31.8 Å². The lowest BCUT2D eigenvalue weighted by atomic mass is 10.2. The lowest BCUT2D eigenvalue weighted by molar-refractivity contribution is 0.0696. The standard InChI is InChI=1S/C14H12F2N2O5S/c1-23-12-5-2-8(14(19)20)6-13(12)24(21,22)18-17-11-4-3-9(15)7-10(11)16/h2-7,17-18H,1H3,(H,19,20). The van der Waals surface area contributed by atoms with E-state index in [1.165, 1.54) is 19.2 Å². The second-order valence-electron chi connectivity index (χ2n) is 4.53. The van der Waals surface area contributed by atoms with Crippen LogP contribution in [0.4, 0.5) is 14.5 Å². The number of rotatable bonds is 6. The lowest BCUT2D eigenvalue weighted by Gasteiger charge is -2.13. The van der Waals surface area contributed by atoms with Crippen LogP contribution in [0.1, 0.15) is 10.4 Å². The van der Waals surface area contributed by atoms with Gasteiger partial charge in [0.2, 0.25) is 0 Å². The van der Waals surface area contributed by atoms with Gasteiger partial charge in [-0.15, -0.1) is 4.83 Å². The van der Waals surface area contributed by atoms with E-state index in [2.05, 4.69) is 5.43 Å². The highest BCUT2D eigenvalue weighted by Crippen LogP contribution is 2.25. The maximum atomic E-state index is 13.5. The van der Waals surface area contributed by atoms with E-state index in [1.807, 2.05) is 4.83 Å². The van der Waals surface area contributed by atoms with Crippen molar-refractivity contribution in [2.24, 2.45) is 0 Å².